The number of amides is 1. The molecule has 110 valence electrons. The Morgan fingerprint density at radius 1 is 1.47 bits per heavy atom. The second-order valence-corrected chi connectivity index (χ2v) is 4.64. The zero-order valence-corrected chi connectivity index (χ0v) is 13.0. The first-order chi connectivity index (χ1) is 8.51. The summed E-state index contributed by atoms with van der Waals surface area (Å²) in [7, 11) is 1.83. The highest BCUT2D eigenvalue weighted by Crippen LogP contribution is 2.18. The SMILES string of the molecule is CCCC[C@H](N)C(=O)Nc1c(C)c(CC)nn1C.Cl. The number of anilines is 1. The first-order valence-electron chi connectivity index (χ1n) is 6.60. The van der Waals surface area contributed by atoms with Gasteiger partial charge in [-0.05, 0) is 19.8 Å². The van der Waals surface area contributed by atoms with Crippen LogP contribution >= 0.6 is 12.4 Å². The number of hydrogen-bond donors (Lipinski definition) is 2. The molecule has 1 rings (SSSR count). The fourth-order valence-electron chi connectivity index (χ4n) is 1.96. The molecule has 19 heavy (non-hydrogen) atoms. The number of halogens is 1. The molecule has 1 aromatic heterocycles. The van der Waals surface area contributed by atoms with Gasteiger partial charge in [0.1, 0.15) is 5.82 Å². The maximum absolute atomic E-state index is 11.9. The van der Waals surface area contributed by atoms with Crippen LogP contribution in [0, 0.1) is 6.92 Å². The van der Waals surface area contributed by atoms with Crippen LogP contribution in [0.5, 0.6) is 0 Å². The number of aromatic nitrogens is 2. The van der Waals surface area contributed by atoms with Crippen molar-refractivity contribution in [3.63, 3.8) is 0 Å². The number of carbonyl (C=O) groups is 1. The molecule has 0 saturated carbocycles. The summed E-state index contributed by atoms with van der Waals surface area (Å²) in [6.45, 7) is 6.11. The summed E-state index contributed by atoms with van der Waals surface area (Å²) < 4.78 is 1.71. The number of hydrogen-bond acceptors (Lipinski definition) is 3. The molecule has 0 spiro atoms. The fourth-order valence-corrected chi connectivity index (χ4v) is 1.96. The Morgan fingerprint density at radius 2 is 2.11 bits per heavy atom. The van der Waals surface area contributed by atoms with E-state index in [1.54, 1.807) is 4.68 Å². The molecule has 1 heterocycles. The molecule has 0 fully saturated rings. The Bertz CT molecular complexity index is 417. The molecule has 1 amide bonds. The van der Waals surface area contributed by atoms with E-state index < -0.39 is 6.04 Å². The number of aryl methyl sites for hydroxylation is 2. The fraction of sp³-hybridized carbons (Fsp3) is 0.692. The van der Waals surface area contributed by atoms with Gasteiger partial charge in [0, 0.05) is 12.6 Å². The molecule has 6 heteroatoms. The van der Waals surface area contributed by atoms with Gasteiger partial charge < -0.3 is 11.1 Å². The van der Waals surface area contributed by atoms with Gasteiger partial charge in [-0.1, -0.05) is 26.7 Å². The van der Waals surface area contributed by atoms with Crippen LogP contribution in [0.25, 0.3) is 0 Å². The zero-order chi connectivity index (χ0) is 13.7. The number of carbonyl (C=O) groups excluding carboxylic acids is 1. The summed E-state index contributed by atoms with van der Waals surface area (Å²) in [5.41, 5.74) is 7.88. The van der Waals surface area contributed by atoms with E-state index in [1.165, 1.54) is 0 Å². The maximum atomic E-state index is 11.9. The minimum Gasteiger partial charge on any atom is -0.320 e. The van der Waals surface area contributed by atoms with Gasteiger partial charge in [-0.2, -0.15) is 5.10 Å². The summed E-state index contributed by atoms with van der Waals surface area (Å²) >= 11 is 0. The molecule has 0 unspecified atom stereocenters. The van der Waals surface area contributed by atoms with Crippen LogP contribution < -0.4 is 11.1 Å². The van der Waals surface area contributed by atoms with E-state index in [2.05, 4.69) is 17.3 Å². The highest BCUT2D eigenvalue weighted by Gasteiger charge is 2.17. The van der Waals surface area contributed by atoms with E-state index in [-0.39, 0.29) is 18.3 Å². The number of nitrogens with zero attached hydrogens (tertiary/aromatic N) is 2. The predicted octanol–water partition coefficient (Wildman–Crippen LogP) is 2.17. The van der Waals surface area contributed by atoms with Crippen molar-refractivity contribution in [3.05, 3.63) is 11.3 Å². The van der Waals surface area contributed by atoms with Crippen LogP contribution in [0.4, 0.5) is 5.82 Å². The summed E-state index contributed by atoms with van der Waals surface area (Å²) in [6.07, 6.45) is 3.60. The maximum Gasteiger partial charge on any atom is 0.242 e. The topological polar surface area (TPSA) is 72.9 Å². The third-order valence-corrected chi connectivity index (χ3v) is 3.16. The average Bonchev–Trinajstić information content (AvgIpc) is 2.63. The third-order valence-electron chi connectivity index (χ3n) is 3.16. The first kappa shape index (κ1) is 17.9. The van der Waals surface area contributed by atoms with Crippen LogP contribution in [-0.2, 0) is 18.3 Å². The lowest BCUT2D eigenvalue weighted by atomic mass is 10.1. The van der Waals surface area contributed by atoms with Gasteiger partial charge in [-0.25, -0.2) is 0 Å². The minimum absolute atomic E-state index is 0. The van der Waals surface area contributed by atoms with Crippen LogP contribution in [-0.4, -0.2) is 21.7 Å². The van der Waals surface area contributed by atoms with E-state index in [4.69, 9.17) is 5.73 Å². The van der Waals surface area contributed by atoms with Crippen molar-refractivity contribution in [1.82, 2.24) is 9.78 Å². The van der Waals surface area contributed by atoms with E-state index in [0.717, 1.165) is 42.8 Å². The van der Waals surface area contributed by atoms with Gasteiger partial charge in [-0.15, -0.1) is 12.4 Å². The quantitative estimate of drug-likeness (QED) is 0.842. The Morgan fingerprint density at radius 3 is 2.58 bits per heavy atom. The molecule has 0 aliphatic rings. The number of unbranched alkanes of at least 4 members (excludes halogenated alkanes) is 1. The van der Waals surface area contributed by atoms with E-state index >= 15 is 0 Å². The van der Waals surface area contributed by atoms with Crippen LogP contribution in [0.15, 0.2) is 0 Å². The Kier molecular flexibility index (Phi) is 7.71. The largest absolute Gasteiger partial charge is 0.320 e. The van der Waals surface area contributed by atoms with E-state index in [1.807, 2.05) is 20.9 Å². The van der Waals surface area contributed by atoms with Crippen molar-refractivity contribution in [2.75, 3.05) is 5.32 Å². The Labute approximate surface area is 121 Å². The second-order valence-electron chi connectivity index (χ2n) is 4.64. The zero-order valence-electron chi connectivity index (χ0n) is 12.2. The number of rotatable bonds is 6. The smallest absolute Gasteiger partial charge is 0.242 e. The standard InChI is InChI=1S/C13H24N4O.ClH/c1-5-7-8-10(14)13(18)15-12-9(3)11(6-2)16-17(12)4;/h10H,5-8,14H2,1-4H3,(H,15,18);1H/t10-;/m0./s1. The number of nitrogens with two attached hydrogens (primary N) is 1. The molecule has 0 bridgehead atoms. The lowest BCUT2D eigenvalue weighted by molar-refractivity contribution is -0.117. The molecule has 0 radical (unpaired) electrons. The first-order valence-corrected chi connectivity index (χ1v) is 6.60. The van der Waals surface area contributed by atoms with Gasteiger partial charge in [-0.3, -0.25) is 9.48 Å². The molecule has 0 saturated heterocycles. The predicted molar refractivity (Wildman–Crippen MR) is 80.7 cm³/mol. The average molecular weight is 289 g/mol. The van der Waals surface area contributed by atoms with Crippen LogP contribution in [0.3, 0.4) is 0 Å². The van der Waals surface area contributed by atoms with Gasteiger partial charge in [0.2, 0.25) is 5.91 Å². The van der Waals surface area contributed by atoms with Crippen LogP contribution in [0.1, 0.15) is 44.4 Å². The van der Waals surface area contributed by atoms with Crippen molar-refractivity contribution in [3.8, 4) is 0 Å². The third kappa shape index (κ3) is 4.51. The second kappa shape index (κ2) is 8.17. The molecular formula is C13H25ClN4O. The molecule has 3 N–H and O–H groups in total. The molecular weight excluding hydrogens is 264 g/mol. The summed E-state index contributed by atoms with van der Waals surface area (Å²) in [5, 5.41) is 7.24. The lowest BCUT2D eigenvalue weighted by Crippen LogP contribution is -2.36. The lowest BCUT2D eigenvalue weighted by Gasteiger charge is -2.12. The summed E-state index contributed by atoms with van der Waals surface area (Å²) in [4.78, 5) is 11.9. The van der Waals surface area contributed by atoms with Gasteiger partial charge in [0.05, 0.1) is 11.7 Å². The monoisotopic (exact) mass is 288 g/mol. The van der Waals surface area contributed by atoms with Crippen molar-refractivity contribution < 1.29 is 4.79 Å². The molecule has 0 aromatic carbocycles. The van der Waals surface area contributed by atoms with Gasteiger partial charge in [0.15, 0.2) is 0 Å². The van der Waals surface area contributed by atoms with Crippen LogP contribution in [0.2, 0.25) is 0 Å². The normalized spacial score (nSPS) is 11.8. The molecule has 0 aliphatic carbocycles. The van der Waals surface area contributed by atoms with Gasteiger partial charge >= 0.3 is 0 Å². The molecule has 1 aromatic rings. The number of nitrogens with one attached hydrogen (secondary N) is 1. The van der Waals surface area contributed by atoms with E-state index in [0.29, 0.717) is 0 Å². The summed E-state index contributed by atoms with van der Waals surface area (Å²) in [5.74, 6) is 0.626. The van der Waals surface area contributed by atoms with Crippen molar-refractivity contribution in [2.24, 2.45) is 12.8 Å². The molecule has 1 atom stereocenters. The Hall–Kier alpha value is -1.07. The van der Waals surface area contributed by atoms with E-state index in [9.17, 15) is 4.79 Å². The highest BCUT2D eigenvalue weighted by molar-refractivity contribution is 5.94. The highest BCUT2D eigenvalue weighted by atomic mass is 35.5. The summed E-state index contributed by atoms with van der Waals surface area (Å²) in [6, 6.07) is -0.440. The van der Waals surface area contributed by atoms with Crippen molar-refractivity contribution >= 4 is 24.1 Å². The Balaban J connectivity index is 0.00000324. The molecule has 0 aliphatic heterocycles. The minimum atomic E-state index is -0.440. The van der Waals surface area contributed by atoms with Gasteiger partial charge in [0.25, 0.3) is 0 Å². The van der Waals surface area contributed by atoms with Crippen molar-refractivity contribution in [1.29, 1.82) is 0 Å². The van der Waals surface area contributed by atoms with Crippen molar-refractivity contribution in [2.45, 2.75) is 52.5 Å². The molecule has 5 nitrogen and oxygen atoms in total.